The summed E-state index contributed by atoms with van der Waals surface area (Å²) < 4.78 is 6.42. The summed E-state index contributed by atoms with van der Waals surface area (Å²) in [5, 5.41) is 14.8. The molecule has 8 heteroatoms. The van der Waals surface area contributed by atoms with Crippen LogP contribution in [0.5, 0.6) is 0 Å². The number of ether oxygens (including phenoxy) is 1. The molecule has 0 saturated heterocycles. The zero-order chi connectivity index (χ0) is 20.2. The van der Waals surface area contributed by atoms with E-state index in [0.717, 1.165) is 0 Å². The van der Waals surface area contributed by atoms with Gasteiger partial charge in [0.2, 0.25) is 0 Å². The number of methoxy groups -OCH3 is 1. The zero-order valence-corrected chi connectivity index (χ0v) is 15.5. The highest BCUT2D eigenvalue weighted by Crippen LogP contribution is 2.45. The summed E-state index contributed by atoms with van der Waals surface area (Å²) in [6.07, 6.45) is 1.65. The number of aromatic nitrogens is 1. The molecule has 0 spiro atoms. The quantitative estimate of drug-likeness (QED) is 0.426. The van der Waals surface area contributed by atoms with Crippen molar-refractivity contribution in [2.45, 2.75) is 19.8 Å². The Kier molecular flexibility index (Phi) is 3.92. The molecule has 28 heavy (non-hydrogen) atoms. The van der Waals surface area contributed by atoms with Crippen molar-refractivity contribution in [3.05, 3.63) is 80.4 Å². The van der Waals surface area contributed by atoms with Gasteiger partial charge in [0, 0.05) is 23.0 Å². The number of carbonyl (C=O) groups excluding carboxylic acids is 2. The van der Waals surface area contributed by atoms with Crippen molar-refractivity contribution in [1.82, 2.24) is 9.88 Å². The molecule has 2 aliphatic rings. The highest BCUT2D eigenvalue weighted by atomic mass is 16.6. The maximum absolute atomic E-state index is 12.7. The van der Waals surface area contributed by atoms with Gasteiger partial charge in [0.05, 0.1) is 29.0 Å². The number of nitrogens with one attached hydrogen (secondary N) is 1. The van der Waals surface area contributed by atoms with Crippen LogP contribution in [0.3, 0.4) is 0 Å². The minimum Gasteiger partial charge on any atom is -0.466 e. The molecule has 0 bridgehead atoms. The number of hydrogen-bond acceptors (Lipinski definition) is 6. The molecular weight excluding hydrogens is 362 g/mol. The van der Waals surface area contributed by atoms with Gasteiger partial charge in [0.25, 0.3) is 11.6 Å². The van der Waals surface area contributed by atoms with Gasteiger partial charge < -0.3 is 10.1 Å². The summed E-state index contributed by atoms with van der Waals surface area (Å²) >= 11 is 0. The van der Waals surface area contributed by atoms with E-state index in [1.54, 1.807) is 50.4 Å². The lowest BCUT2D eigenvalue weighted by atomic mass is 9.80. The minimum absolute atomic E-state index is 0.142. The van der Waals surface area contributed by atoms with Gasteiger partial charge in [-0.2, -0.15) is 0 Å². The van der Waals surface area contributed by atoms with Gasteiger partial charge in [-0.05, 0) is 37.6 Å². The number of dihydropyridines is 1. The Balaban J connectivity index is 2.04. The number of carbonyl (C=O) groups is 2. The lowest BCUT2D eigenvalue weighted by molar-refractivity contribution is -0.431. The smallest absolute Gasteiger partial charge is 0.336 e. The number of esters is 1. The average molecular weight is 379 g/mol. The molecule has 2 aliphatic heterocycles. The van der Waals surface area contributed by atoms with E-state index >= 15 is 0 Å². The van der Waals surface area contributed by atoms with Gasteiger partial charge in [0.15, 0.2) is 0 Å². The first-order chi connectivity index (χ1) is 13.4. The molecule has 0 radical (unpaired) electrons. The van der Waals surface area contributed by atoms with Gasteiger partial charge >= 0.3 is 5.97 Å². The molecule has 142 valence electrons. The molecule has 1 atom stereocenters. The fourth-order valence-corrected chi connectivity index (χ4v) is 4.07. The lowest BCUT2D eigenvalue weighted by Gasteiger charge is -2.27. The summed E-state index contributed by atoms with van der Waals surface area (Å²) in [6.45, 7) is 3.27. The maximum Gasteiger partial charge on any atom is 0.336 e. The average Bonchev–Trinajstić information content (AvgIpc) is 3.23. The van der Waals surface area contributed by atoms with Gasteiger partial charge in [-0.15, -0.1) is 0 Å². The predicted molar refractivity (Wildman–Crippen MR) is 99.9 cm³/mol. The van der Waals surface area contributed by atoms with Crippen LogP contribution < -0.4 is 5.32 Å². The van der Waals surface area contributed by atoms with Crippen LogP contribution in [0.25, 0.3) is 11.3 Å². The number of allylic oxidation sites excluding steroid dienone is 3. The summed E-state index contributed by atoms with van der Waals surface area (Å²) in [7, 11) is 1.24. The third kappa shape index (κ3) is 2.31. The summed E-state index contributed by atoms with van der Waals surface area (Å²) in [6, 6.07) is 8.61. The third-order valence-electron chi connectivity index (χ3n) is 5.19. The first-order valence-electron chi connectivity index (χ1n) is 8.63. The first-order valence-corrected chi connectivity index (χ1v) is 8.63. The highest BCUT2D eigenvalue weighted by Gasteiger charge is 2.43. The number of fused-ring (bicyclic) bond motifs is 3. The van der Waals surface area contributed by atoms with Crippen molar-refractivity contribution in [3.63, 3.8) is 0 Å². The zero-order valence-electron chi connectivity index (χ0n) is 15.5. The Bertz CT molecular complexity index is 1120. The van der Waals surface area contributed by atoms with Crippen LogP contribution >= 0.6 is 0 Å². The molecule has 1 N–H and O–H groups in total. The number of nitrogens with zero attached hydrogens (tertiary/aromatic N) is 2. The molecule has 2 aromatic rings. The third-order valence-corrected chi connectivity index (χ3v) is 5.19. The minimum atomic E-state index is -0.965. The lowest BCUT2D eigenvalue weighted by Crippen LogP contribution is -2.31. The van der Waals surface area contributed by atoms with Crippen LogP contribution in [0.2, 0.25) is 0 Å². The van der Waals surface area contributed by atoms with Crippen LogP contribution in [-0.4, -0.2) is 28.5 Å². The molecule has 0 fully saturated rings. The Labute approximate surface area is 160 Å². The van der Waals surface area contributed by atoms with Crippen LogP contribution in [0.4, 0.5) is 0 Å². The summed E-state index contributed by atoms with van der Waals surface area (Å²) in [4.78, 5) is 36.7. The standard InChI is InChI=1S/C20H17N3O5/c1-10-15(20(25)28-3)17(18(23(26)27)11(2)21-10)12-6-4-7-13-16(12)14-8-5-9-22(14)19(13)24/h4-9,17,21H,1-3H3. The van der Waals surface area contributed by atoms with E-state index in [1.165, 1.54) is 11.7 Å². The molecule has 1 unspecified atom stereocenters. The summed E-state index contributed by atoms with van der Waals surface area (Å²) in [5.41, 5.74) is 3.07. The SMILES string of the molecule is COC(=O)C1=C(C)NC(C)=C([N+](=O)[O-])C1c1cccc2c1-c1cccn1C2=O. The van der Waals surface area contributed by atoms with E-state index in [0.29, 0.717) is 33.8 Å². The normalized spacial score (nSPS) is 18.0. The second kappa shape index (κ2) is 6.19. The van der Waals surface area contributed by atoms with Crippen molar-refractivity contribution in [1.29, 1.82) is 0 Å². The van der Waals surface area contributed by atoms with E-state index in [1.807, 2.05) is 0 Å². The Morgan fingerprint density at radius 3 is 2.64 bits per heavy atom. The van der Waals surface area contributed by atoms with Crippen LogP contribution in [-0.2, 0) is 9.53 Å². The molecular formula is C20H17N3O5. The molecule has 1 aromatic carbocycles. The van der Waals surface area contributed by atoms with E-state index in [-0.39, 0.29) is 17.2 Å². The van der Waals surface area contributed by atoms with Crippen molar-refractivity contribution in [2.24, 2.45) is 0 Å². The Morgan fingerprint density at radius 1 is 1.21 bits per heavy atom. The maximum atomic E-state index is 12.7. The number of nitro groups is 1. The monoisotopic (exact) mass is 379 g/mol. The first kappa shape index (κ1) is 17.7. The van der Waals surface area contributed by atoms with Gasteiger partial charge in [-0.25, -0.2) is 4.79 Å². The van der Waals surface area contributed by atoms with Crippen molar-refractivity contribution in [2.75, 3.05) is 7.11 Å². The van der Waals surface area contributed by atoms with E-state index < -0.39 is 16.8 Å². The molecule has 8 nitrogen and oxygen atoms in total. The Hall–Kier alpha value is -3.68. The van der Waals surface area contributed by atoms with Gasteiger partial charge in [-0.3, -0.25) is 19.5 Å². The number of hydrogen-bond donors (Lipinski definition) is 1. The predicted octanol–water partition coefficient (Wildman–Crippen LogP) is 2.80. The van der Waals surface area contributed by atoms with E-state index in [2.05, 4.69) is 5.32 Å². The molecule has 0 amide bonds. The topological polar surface area (TPSA) is 103 Å². The largest absolute Gasteiger partial charge is 0.466 e. The van der Waals surface area contributed by atoms with Crippen LogP contribution in [0.15, 0.2) is 59.2 Å². The Morgan fingerprint density at radius 2 is 1.96 bits per heavy atom. The fourth-order valence-electron chi connectivity index (χ4n) is 4.07. The molecule has 3 heterocycles. The van der Waals surface area contributed by atoms with Crippen molar-refractivity contribution in [3.8, 4) is 11.3 Å². The summed E-state index contributed by atoms with van der Waals surface area (Å²) in [5.74, 6) is -1.82. The molecule has 1 aromatic heterocycles. The number of rotatable bonds is 3. The number of benzene rings is 1. The van der Waals surface area contributed by atoms with Gasteiger partial charge in [-0.1, -0.05) is 12.1 Å². The van der Waals surface area contributed by atoms with Gasteiger partial charge in [0.1, 0.15) is 5.92 Å². The fraction of sp³-hybridized carbons (Fsp3) is 0.200. The highest BCUT2D eigenvalue weighted by molar-refractivity contribution is 6.10. The second-order valence-corrected chi connectivity index (χ2v) is 6.69. The second-order valence-electron chi connectivity index (χ2n) is 6.69. The van der Waals surface area contributed by atoms with E-state index in [9.17, 15) is 19.7 Å². The van der Waals surface area contributed by atoms with Crippen LogP contribution in [0, 0.1) is 10.1 Å². The molecule has 4 rings (SSSR count). The molecule has 0 saturated carbocycles. The van der Waals surface area contributed by atoms with Crippen LogP contribution in [0.1, 0.15) is 35.7 Å². The molecule has 0 aliphatic carbocycles. The van der Waals surface area contributed by atoms with Crippen molar-refractivity contribution < 1.29 is 19.2 Å². The van der Waals surface area contributed by atoms with Crippen molar-refractivity contribution >= 4 is 11.9 Å². The van der Waals surface area contributed by atoms with E-state index in [4.69, 9.17) is 4.74 Å².